The van der Waals surface area contributed by atoms with E-state index in [9.17, 15) is 4.79 Å². The first-order valence-electron chi connectivity index (χ1n) is 9.06. The molecule has 6 nitrogen and oxygen atoms in total. The molecule has 0 radical (unpaired) electrons. The van der Waals surface area contributed by atoms with Crippen LogP contribution in [-0.2, 0) is 11.3 Å². The Morgan fingerprint density at radius 2 is 2.12 bits per heavy atom. The van der Waals surface area contributed by atoms with Gasteiger partial charge in [-0.25, -0.2) is 4.68 Å². The Labute approximate surface area is 149 Å². The standard InChI is InChI=1S/C19H27N5O/c20-10-9-19(25)21-13-18-8-4-5-11-23(18)14-16-12-22-24(15-16)17-6-2-1-3-7-17/h1-3,6-7,12,15,18H,4-5,8-11,13-14,20H2,(H,21,25). The number of nitrogens with zero attached hydrogens (tertiary/aromatic N) is 3. The highest BCUT2D eigenvalue weighted by molar-refractivity contribution is 5.76. The molecular formula is C19H27N5O. The molecule has 1 aromatic carbocycles. The van der Waals surface area contributed by atoms with Gasteiger partial charge in [-0.2, -0.15) is 5.10 Å². The van der Waals surface area contributed by atoms with Gasteiger partial charge in [0.1, 0.15) is 0 Å². The maximum atomic E-state index is 11.7. The number of para-hydroxylation sites is 1. The predicted molar refractivity (Wildman–Crippen MR) is 98.3 cm³/mol. The maximum absolute atomic E-state index is 11.7. The first-order valence-corrected chi connectivity index (χ1v) is 9.06. The molecule has 6 heteroatoms. The van der Waals surface area contributed by atoms with Crippen LogP contribution in [0.4, 0.5) is 0 Å². The van der Waals surface area contributed by atoms with Crippen molar-refractivity contribution in [3.63, 3.8) is 0 Å². The van der Waals surface area contributed by atoms with E-state index in [0.717, 1.165) is 25.2 Å². The van der Waals surface area contributed by atoms with Crippen LogP contribution in [0.5, 0.6) is 0 Å². The number of carbonyl (C=O) groups excluding carboxylic acids is 1. The molecule has 0 aliphatic carbocycles. The molecule has 0 spiro atoms. The quantitative estimate of drug-likeness (QED) is 0.803. The molecule has 1 aromatic heterocycles. The molecule has 134 valence electrons. The number of hydrogen-bond donors (Lipinski definition) is 2. The van der Waals surface area contributed by atoms with Gasteiger partial charge >= 0.3 is 0 Å². The van der Waals surface area contributed by atoms with Gasteiger partial charge in [-0.05, 0) is 31.5 Å². The van der Waals surface area contributed by atoms with Gasteiger partial charge in [0.25, 0.3) is 0 Å². The topological polar surface area (TPSA) is 76.2 Å². The van der Waals surface area contributed by atoms with Crippen molar-refractivity contribution in [2.24, 2.45) is 5.73 Å². The van der Waals surface area contributed by atoms with E-state index in [1.807, 2.05) is 41.2 Å². The van der Waals surface area contributed by atoms with Crippen LogP contribution >= 0.6 is 0 Å². The van der Waals surface area contributed by atoms with Crippen LogP contribution in [0.3, 0.4) is 0 Å². The fourth-order valence-electron chi connectivity index (χ4n) is 3.35. The van der Waals surface area contributed by atoms with E-state index in [2.05, 4.69) is 21.5 Å². The summed E-state index contributed by atoms with van der Waals surface area (Å²) in [5.74, 6) is 0.0462. The van der Waals surface area contributed by atoms with Gasteiger partial charge < -0.3 is 11.1 Å². The Kier molecular flexibility index (Phi) is 6.19. The van der Waals surface area contributed by atoms with Crippen molar-refractivity contribution in [3.05, 3.63) is 48.3 Å². The van der Waals surface area contributed by atoms with Crippen molar-refractivity contribution >= 4 is 5.91 Å². The second kappa shape index (κ2) is 8.78. The third-order valence-electron chi connectivity index (χ3n) is 4.70. The lowest BCUT2D eigenvalue weighted by atomic mass is 10.0. The van der Waals surface area contributed by atoms with Crippen molar-refractivity contribution in [1.82, 2.24) is 20.0 Å². The zero-order valence-corrected chi connectivity index (χ0v) is 14.6. The number of nitrogens with one attached hydrogen (secondary N) is 1. The average molecular weight is 341 g/mol. The molecule has 2 heterocycles. The summed E-state index contributed by atoms with van der Waals surface area (Å²) in [7, 11) is 0. The number of benzene rings is 1. The number of hydrogen-bond acceptors (Lipinski definition) is 4. The highest BCUT2D eigenvalue weighted by atomic mass is 16.1. The van der Waals surface area contributed by atoms with Gasteiger partial charge in [-0.1, -0.05) is 24.6 Å². The summed E-state index contributed by atoms with van der Waals surface area (Å²) in [5.41, 5.74) is 7.70. The van der Waals surface area contributed by atoms with E-state index in [4.69, 9.17) is 5.73 Å². The van der Waals surface area contributed by atoms with E-state index in [1.54, 1.807) is 0 Å². The van der Waals surface area contributed by atoms with Crippen molar-refractivity contribution in [1.29, 1.82) is 0 Å². The van der Waals surface area contributed by atoms with Crippen LogP contribution in [0.1, 0.15) is 31.2 Å². The van der Waals surface area contributed by atoms with E-state index in [1.165, 1.54) is 18.4 Å². The zero-order chi connectivity index (χ0) is 17.5. The Balaban J connectivity index is 1.60. The summed E-state index contributed by atoms with van der Waals surface area (Å²) < 4.78 is 1.91. The Hall–Kier alpha value is -2.18. The van der Waals surface area contributed by atoms with Gasteiger partial charge in [0.2, 0.25) is 5.91 Å². The second-order valence-corrected chi connectivity index (χ2v) is 6.59. The monoisotopic (exact) mass is 341 g/mol. The summed E-state index contributed by atoms with van der Waals surface area (Å²) in [6, 6.07) is 10.5. The molecule has 0 bridgehead atoms. The summed E-state index contributed by atoms with van der Waals surface area (Å²) in [6.45, 7) is 3.03. The van der Waals surface area contributed by atoms with E-state index in [-0.39, 0.29) is 5.91 Å². The molecule has 1 amide bonds. The van der Waals surface area contributed by atoms with Crippen LogP contribution in [0.2, 0.25) is 0 Å². The van der Waals surface area contributed by atoms with Crippen LogP contribution < -0.4 is 11.1 Å². The third kappa shape index (κ3) is 4.90. The zero-order valence-electron chi connectivity index (χ0n) is 14.6. The molecule has 1 fully saturated rings. The van der Waals surface area contributed by atoms with Crippen LogP contribution in [-0.4, -0.2) is 46.3 Å². The third-order valence-corrected chi connectivity index (χ3v) is 4.70. The average Bonchev–Trinajstić information content (AvgIpc) is 3.11. The number of aromatic nitrogens is 2. The largest absolute Gasteiger partial charge is 0.354 e. The smallest absolute Gasteiger partial charge is 0.221 e. The molecule has 3 N–H and O–H groups in total. The molecular weight excluding hydrogens is 314 g/mol. The van der Waals surface area contributed by atoms with Crippen molar-refractivity contribution in [3.8, 4) is 5.69 Å². The normalized spacial score (nSPS) is 18.2. The van der Waals surface area contributed by atoms with Crippen LogP contribution in [0, 0.1) is 0 Å². The minimum atomic E-state index is 0.0462. The number of nitrogens with two attached hydrogens (primary N) is 1. The molecule has 2 aromatic rings. The summed E-state index contributed by atoms with van der Waals surface area (Å²) >= 11 is 0. The minimum Gasteiger partial charge on any atom is -0.354 e. The lowest BCUT2D eigenvalue weighted by Crippen LogP contribution is -2.46. The fraction of sp³-hybridized carbons (Fsp3) is 0.474. The SMILES string of the molecule is NCCC(=O)NCC1CCCCN1Cc1cnn(-c2ccccc2)c1. The molecule has 25 heavy (non-hydrogen) atoms. The van der Waals surface area contributed by atoms with Gasteiger partial charge in [0.05, 0.1) is 11.9 Å². The molecule has 1 aliphatic heterocycles. The van der Waals surface area contributed by atoms with Crippen molar-refractivity contribution in [2.45, 2.75) is 38.3 Å². The molecule has 1 saturated heterocycles. The summed E-state index contributed by atoms with van der Waals surface area (Å²) in [6.07, 6.45) is 7.98. The lowest BCUT2D eigenvalue weighted by molar-refractivity contribution is -0.121. The molecule has 1 atom stereocenters. The van der Waals surface area contributed by atoms with Crippen LogP contribution in [0.25, 0.3) is 5.69 Å². The molecule has 1 unspecified atom stereocenters. The Morgan fingerprint density at radius 1 is 1.28 bits per heavy atom. The fourth-order valence-corrected chi connectivity index (χ4v) is 3.35. The second-order valence-electron chi connectivity index (χ2n) is 6.59. The van der Waals surface area contributed by atoms with Crippen LogP contribution in [0.15, 0.2) is 42.7 Å². The summed E-state index contributed by atoms with van der Waals surface area (Å²) in [4.78, 5) is 14.1. The predicted octanol–water partition coefficient (Wildman–Crippen LogP) is 1.69. The minimum absolute atomic E-state index is 0.0462. The van der Waals surface area contributed by atoms with Gasteiger partial charge in [0.15, 0.2) is 0 Å². The van der Waals surface area contributed by atoms with E-state index in [0.29, 0.717) is 25.6 Å². The Bertz CT molecular complexity index is 669. The number of carbonyl (C=O) groups is 1. The highest BCUT2D eigenvalue weighted by Crippen LogP contribution is 2.19. The van der Waals surface area contributed by atoms with Gasteiger partial charge in [-0.3, -0.25) is 9.69 Å². The number of likely N-dealkylation sites (tertiary alicyclic amines) is 1. The number of rotatable bonds is 7. The van der Waals surface area contributed by atoms with Crippen molar-refractivity contribution < 1.29 is 4.79 Å². The first-order chi connectivity index (χ1) is 12.3. The van der Waals surface area contributed by atoms with Crippen molar-refractivity contribution in [2.75, 3.05) is 19.6 Å². The molecule has 3 rings (SSSR count). The molecule has 0 saturated carbocycles. The van der Waals surface area contributed by atoms with E-state index >= 15 is 0 Å². The lowest BCUT2D eigenvalue weighted by Gasteiger charge is -2.35. The maximum Gasteiger partial charge on any atom is 0.221 e. The van der Waals surface area contributed by atoms with Gasteiger partial charge in [0, 0.05) is 43.9 Å². The number of amides is 1. The van der Waals surface area contributed by atoms with E-state index < -0.39 is 0 Å². The Morgan fingerprint density at radius 3 is 2.92 bits per heavy atom. The van der Waals surface area contributed by atoms with Gasteiger partial charge in [-0.15, -0.1) is 0 Å². The number of piperidine rings is 1. The first kappa shape index (κ1) is 17.6. The molecule has 1 aliphatic rings. The highest BCUT2D eigenvalue weighted by Gasteiger charge is 2.23. The summed E-state index contributed by atoms with van der Waals surface area (Å²) in [5, 5.41) is 7.50.